The van der Waals surface area contributed by atoms with Gasteiger partial charge in [-0.1, -0.05) is 12.1 Å². The molecule has 0 fully saturated rings. The number of esters is 1. The van der Waals surface area contributed by atoms with E-state index in [1.54, 1.807) is 19.1 Å². The first-order valence-corrected chi connectivity index (χ1v) is 4.84. The molecule has 0 saturated heterocycles. The number of benzene rings is 1. The Kier molecular flexibility index (Phi) is 4.02. The van der Waals surface area contributed by atoms with E-state index < -0.39 is 11.9 Å². The van der Waals surface area contributed by atoms with E-state index in [4.69, 9.17) is 15.6 Å². The molecule has 5 heteroatoms. The lowest BCUT2D eigenvalue weighted by atomic mass is 10.0. The number of nitrogens with two attached hydrogens (primary N) is 1. The van der Waals surface area contributed by atoms with Gasteiger partial charge in [-0.05, 0) is 18.6 Å². The molecule has 0 aliphatic rings. The second kappa shape index (κ2) is 5.27. The van der Waals surface area contributed by atoms with E-state index in [2.05, 4.69) is 0 Å². The summed E-state index contributed by atoms with van der Waals surface area (Å²) in [6, 6.07) is 4.58. The minimum Gasteiger partial charge on any atom is -0.478 e. The largest absolute Gasteiger partial charge is 0.478 e. The number of hydrogen-bond donors (Lipinski definition) is 2. The zero-order valence-electron chi connectivity index (χ0n) is 8.90. The van der Waals surface area contributed by atoms with E-state index in [-0.39, 0.29) is 24.3 Å². The van der Waals surface area contributed by atoms with Crippen LogP contribution in [0.4, 0.5) is 0 Å². The summed E-state index contributed by atoms with van der Waals surface area (Å²) in [5.74, 6) is -1.82. The molecule has 0 saturated carbocycles. The highest BCUT2D eigenvalue weighted by molar-refractivity contribution is 6.03. The molecule has 1 rings (SSSR count). The SMILES string of the molecule is CCOC(=O)c1cccc(CN)c1C(=O)O. The van der Waals surface area contributed by atoms with Crippen LogP contribution in [0.2, 0.25) is 0 Å². The van der Waals surface area contributed by atoms with Gasteiger partial charge in [0.2, 0.25) is 0 Å². The van der Waals surface area contributed by atoms with Gasteiger partial charge in [0.25, 0.3) is 0 Å². The van der Waals surface area contributed by atoms with Crippen LogP contribution in [0, 0.1) is 0 Å². The van der Waals surface area contributed by atoms with Crippen molar-refractivity contribution in [2.24, 2.45) is 5.73 Å². The molecule has 0 unspecified atom stereocenters. The van der Waals surface area contributed by atoms with Crippen LogP contribution in [0.3, 0.4) is 0 Å². The van der Waals surface area contributed by atoms with Gasteiger partial charge >= 0.3 is 11.9 Å². The van der Waals surface area contributed by atoms with E-state index in [1.165, 1.54) is 6.07 Å². The number of carboxylic acids is 1. The number of carbonyl (C=O) groups is 2. The molecular weight excluding hydrogens is 210 g/mol. The molecule has 5 nitrogen and oxygen atoms in total. The number of hydrogen-bond acceptors (Lipinski definition) is 4. The highest BCUT2D eigenvalue weighted by Crippen LogP contribution is 2.16. The molecule has 1 aromatic rings. The molecule has 0 aliphatic heterocycles. The van der Waals surface area contributed by atoms with Crippen molar-refractivity contribution < 1.29 is 19.4 Å². The molecule has 16 heavy (non-hydrogen) atoms. The summed E-state index contributed by atoms with van der Waals surface area (Å²) in [7, 11) is 0. The fourth-order valence-corrected chi connectivity index (χ4v) is 1.40. The van der Waals surface area contributed by atoms with Gasteiger partial charge in [-0.3, -0.25) is 0 Å². The van der Waals surface area contributed by atoms with Crippen molar-refractivity contribution in [2.75, 3.05) is 6.61 Å². The molecular formula is C11H13NO4. The Bertz CT molecular complexity index is 414. The molecule has 0 amide bonds. The summed E-state index contributed by atoms with van der Waals surface area (Å²) in [5, 5.41) is 9.03. The van der Waals surface area contributed by atoms with Crippen molar-refractivity contribution in [3.05, 3.63) is 34.9 Å². The van der Waals surface area contributed by atoms with E-state index in [0.717, 1.165) is 0 Å². The normalized spacial score (nSPS) is 9.88. The van der Waals surface area contributed by atoms with Crippen LogP contribution >= 0.6 is 0 Å². The fourth-order valence-electron chi connectivity index (χ4n) is 1.40. The maximum atomic E-state index is 11.5. The molecule has 0 spiro atoms. The van der Waals surface area contributed by atoms with Crippen LogP contribution in [0.15, 0.2) is 18.2 Å². The minimum absolute atomic E-state index is 0.0392. The molecule has 86 valence electrons. The van der Waals surface area contributed by atoms with E-state index in [1.807, 2.05) is 0 Å². The van der Waals surface area contributed by atoms with Gasteiger partial charge in [0.05, 0.1) is 17.7 Å². The third-order valence-electron chi connectivity index (χ3n) is 2.08. The quantitative estimate of drug-likeness (QED) is 0.744. The van der Waals surface area contributed by atoms with Crippen LogP contribution in [0.5, 0.6) is 0 Å². The predicted octanol–water partition coefficient (Wildman–Crippen LogP) is 1.02. The predicted molar refractivity (Wildman–Crippen MR) is 57.2 cm³/mol. The Labute approximate surface area is 92.8 Å². The average Bonchev–Trinajstić information content (AvgIpc) is 2.28. The van der Waals surface area contributed by atoms with Gasteiger partial charge in [0, 0.05) is 6.54 Å². The molecule has 3 N–H and O–H groups in total. The van der Waals surface area contributed by atoms with Crippen molar-refractivity contribution in [1.82, 2.24) is 0 Å². The smallest absolute Gasteiger partial charge is 0.339 e. The summed E-state index contributed by atoms with van der Waals surface area (Å²) in [6.07, 6.45) is 0. The van der Waals surface area contributed by atoms with Gasteiger partial charge in [-0.25, -0.2) is 9.59 Å². The number of carboxylic acid groups (broad SMARTS) is 1. The van der Waals surface area contributed by atoms with Crippen LogP contribution in [0.1, 0.15) is 33.2 Å². The molecule has 0 atom stereocenters. The third-order valence-corrected chi connectivity index (χ3v) is 2.08. The number of rotatable bonds is 4. The minimum atomic E-state index is -1.18. The fraction of sp³-hybridized carbons (Fsp3) is 0.273. The van der Waals surface area contributed by atoms with Crippen molar-refractivity contribution in [3.8, 4) is 0 Å². The molecule has 0 radical (unpaired) electrons. The summed E-state index contributed by atoms with van der Waals surface area (Å²) in [6.45, 7) is 1.92. The second-order valence-corrected chi connectivity index (χ2v) is 3.07. The maximum Gasteiger partial charge on any atom is 0.339 e. The first-order valence-electron chi connectivity index (χ1n) is 4.84. The first-order chi connectivity index (χ1) is 7.61. The average molecular weight is 223 g/mol. The lowest BCUT2D eigenvalue weighted by molar-refractivity contribution is 0.0514. The molecule has 1 aromatic carbocycles. The van der Waals surface area contributed by atoms with Crippen LogP contribution in [-0.4, -0.2) is 23.7 Å². The second-order valence-electron chi connectivity index (χ2n) is 3.07. The highest BCUT2D eigenvalue weighted by atomic mass is 16.5. The Morgan fingerprint density at radius 2 is 2.12 bits per heavy atom. The molecule has 0 aromatic heterocycles. The van der Waals surface area contributed by atoms with Gasteiger partial charge in [-0.15, -0.1) is 0 Å². The highest BCUT2D eigenvalue weighted by Gasteiger charge is 2.20. The molecule has 0 aliphatic carbocycles. The number of ether oxygens (including phenoxy) is 1. The van der Waals surface area contributed by atoms with E-state index >= 15 is 0 Å². The standard InChI is InChI=1S/C11H13NO4/c1-2-16-11(15)8-5-3-4-7(6-12)9(8)10(13)14/h3-5H,2,6,12H2,1H3,(H,13,14). The monoisotopic (exact) mass is 223 g/mol. The van der Waals surface area contributed by atoms with Crippen molar-refractivity contribution in [1.29, 1.82) is 0 Å². The van der Waals surface area contributed by atoms with Gasteiger partial charge < -0.3 is 15.6 Å². The molecule has 0 heterocycles. The third kappa shape index (κ3) is 2.38. The maximum absolute atomic E-state index is 11.5. The van der Waals surface area contributed by atoms with Gasteiger partial charge in [-0.2, -0.15) is 0 Å². The Hall–Kier alpha value is -1.88. The first kappa shape index (κ1) is 12.2. The van der Waals surface area contributed by atoms with Crippen molar-refractivity contribution >= 4 is 11.9 Å². The van der Waals surface area contributed by atoms with Crippen LogP contribution < -0.4 is 5.73 Å². The van der Waals surface area contributed by atoms with Crippen LogP contribution in [0.25, 0.3) is 0 Å². The topological polar surface area (TPSA) is 89.6 Å². The summed E-state index contributed by atoms with van der Waals surface area (Å²) in [5.41, 5.74) is 5.79. The molecule has 0 bridgehead atoms. The Morgan fingerprint density at radius 3 is 2.62 bits per heavy atom. The number of carbonyl (C=O) groups excluding carboxylic acids is 1. The summed E-state index contributed by atoms with van der Waals surface area (Å²) < 4.78 is 4.78. The van der Waals surface area contributed by atoms with Gasteiger partial charge in [0.15, 0.2) is 0 Å². The zero-order valence-corrected chi connectivity index (χ0v) is 8.90. The number of aromatic carboxylic acids is 1. The summed E-state index contributed by atoms with van der Waals surface area (Å²) >= 11 is 0. The summed E-state index contributed by atoms with van der Waals surface area (Å²) in [4.78, 5) is 22.6. The Morgan fingerprint density at radius 1 is 1.44 bits per heavy atom. The lowest BCUT2D eigenvalue weighted by Gasteiger charge is -2.09. The van der Waals surface area contributed by atoms with Gasteiger partial charge in [0.1, 0.15) is 0 Å². The van der Waals surface area contributed by atoms with Crippen LogP contribution in [-0.2, 0) is 11.3 Å². The Balaban J connectivity index is 3.27. The lowest BCUT2D eigenvalue weighted by Crippen LogP contribution is -2.15. The van der Waals surface area contributed by atoms with Crippen molar-refractivity contribution in [3.63, 3.8) is 0 Å². The van der Waals surface area contributed by atoms with E-state index in [9.17, 15) is 9.59 Å². The zero-order chi connectivity index (χ0) is 12.1. The van der Waals surface area contributed by atoms with Crippen molar-refractivity contribution in [2.45, 2.75) is 13.5 Å². The van der Waals surface area contributed by atoms with E-state index in [0.29, 0.717) is 5.56 Å².